The van der Waals surface area contributed by atoms with Crippen molar-refractivity contribution < 1.29 is 0 Å². The minimum atomic E-state index is 1.01. The van der Waals surface area contributed by atoms with Gasteiger partial charge in [0.25, 0.3) is 0 Å². The lowest BCUT2D eigenvalue weighted by Crippen LogP contribution is -1.70. The zero-order chi connectivity index (χ0) is 7.82. The lowest BCUT2D eigenvalue weighted by molar-refractivity contribution is 1.17. The smallest absolute Gasteiger partial charge is 0.0144 e. The Kier molecular flexibility index (Phi) is 5.85. The number of allylic oxidation sites excluding steroid dienone is 5. The van der Waals surface area contributed by atoms with Crippen LogP contribution in [0.1, 0.15) is 26.7 Å². The van der Waals surface area contributed by atoms with Gasteiger partial charge >= 0.3 is 0 Å². The third kappa shape index (κ3) is 5.36. The molecular weight excluding hydrogens is 120 g/mol. The lowest BCUT2D eigenvalue weighted by Gasteiger charge is -1.91. The highest BCUT2D eigenvalue weighted by molar-refractivity contribution is 5.05. The number of hydrogen-bond donors (Lipinski definition) is 0. The van der Waals surface area contributed by atoms with Crippen molar-refractivity contribution in [3.8, 4) is 0 Å². The van der Waals surface area contributed by atoms with Crippen LogP contribution in [0.3, 0.4) is 0 Å². The van der Waals surface area contributed by atoms with Crippen molar-refractivity contribution in [2.45, 2.75) is 26.7 Å². The van der Waals surface area contributed by atoms with Gasteiger partial charge < -0.3 is 0 Å². The van der Waals surface area contributed by atoms with Gasteiger partial charge in [0.2, 0.25) is 0 Å². The van der Waals surface area contributed by atoms with E-state index < -0.39 is 0 Å². The fourth-order valence-electron chi connectivity index (χ4n) is 0.716. The molecule has 0 nitrogen and oxygen atoms in total. The maximum Gasteiger partial charge on any atom is -0.0144 e. The molecule has 0 N–H and O–H groups in total. The summed E-state index contributed by atoms with van der Waals surface area (Å²) in [6.07, 6.45) is 10.4. The molecule has 0 aromatic rings. The predicted molar refractivity (Wildman–Crippen MR) is 48.0 cm³/mol. The van der Waals surface area contributed by atoms with Crippen LogP contribution in [-0.2, 0) is 0 Å². The Bertz CT molecular complexity index is 138. The second-order valence-electron chi connectivity index (χ2n) is 2.35. The highest BCUT2D eigenvalue weighted by atomic mass is 13.9. The molecule has 0 atom stereocenters. The Morgan fingerprint density at radius 3 is 2.70 bits per heavy atom. The molecule has 0 rings (SSSR count). The Hall–Kier alpha value is -0.780. The summed E-state index contributed by atoms with van der Waals surface area (Å²) in [7, 11) is 0. The third-order valence-electron chi connectivity index (χ3n) is 1.30. The molecule has 0 fully saturated rings. The van der Waals surface area contributed by atoms with Crippen LogP contribution >= 0.6 is 0 Å². The van der Waals surface area contributed by atoms with E-state index in [2.05, 4.69) is 31.7 Å². The van der Waals surface area contributed by atoms with Crippen molar-refractivity contribution in [3.05, 3.63) is 36.5 Å². The Labute approximate surface area is 64.0 Å². The predicted octanol–water partition coefficient (Wildman–Crippen LogP) is 3.48. The van der Waals surface area contributed by atoms with E-state index in [9.17, 15) is 0 Å². The largest absolute Gasteiger partial charge is 0.103 e. The quantitative estimate of drug-likeness (QED) is 0.519. The zero-order valence-corrected chi connectivity index (χ0v) is 6.93. The van der Waals surface area contributed by atoms with Gasteiger partial charge in [0.1, 0.15) is 0 Å². The van der Waals surface area contributed by atoms with Crippen molar-refractivity contribution in [3.63, 3.8) is 0 Å². The second-order valence-corrected chi connectivity index (χ2v) is 2.35. The summed E-state index contributed by atoms with van der Waals surface area (Å²) in [5.74, 6) is 0. The molecule has 0 aliphatic carbocycles. The first-order valence-electron chi connectivity index (χ1n) is 3.69. The maximum atomic E-state index is 3.67. The van der Waals surface area contributed by atoms with Crippen LogP contribution in [0.5, 0.6) is 0 Å². The molecule has 0 spiro atoms. The van der Waals surface area contributed by atoms with E-state index in [-0.39, 0.29) is 0 Å². The zero-order valence-electron chi connectivity index (χ0n) is 6.93. The molecule has 0 unspecified atom stereocenters. The fourth-order valence-corrected chi connectivity index (χ4v) is 0.716. The summed E-state index contributed by atoms with van der Waals surface area (Å²) >= 11 is 0. The highest BCUT2D eigenvalue weighted by Crippen LogP contribution is 2.01. The molecule has 0 radical (unpaired) electrons. The van der Waals surface area contributed by atoms with E-state index in [1.165, 1.54) is 5.57 Å². The lowest BCUT2D eigenvalue weighted by atomic mass is 10.2. The van der Waals surface area contributed by atoms with Gasteiger partial charge in [-0.2, -0.15) is 0 Å². The molecule has 0 aromatic heterocycles. The molecule has 0 heteroatoms. The molecule has 0 saturated heterocycles. The van der Waals surface area contributed by atoms with E-state index in [0.29, 0.717) is 0 Å². The van der Waals surface area contributed by atoms with Crippen LogP contribution in [0.2, 0.25) is 0 Å². The van der Waals surface area contributed by atoms with Crippen molar-refractivity contribution in [2.24, 2.45) is 0 Å². The topological polar surface area (TPSA) is 0 Å². The van der Waals surface area contributed by atoms with Gasteiger partial charge in [-0.3, -0.25) is 0 Å². The standard InChI is InChI=1S/C10H16/c1-4-6-7-9-10(3)8-5-2/h4-6,9H,2,7-8H2,1,3H3. The van der Waals surface area contributed by atoms with Crippen LogP contribution in [0.25, 0.3) is 0 Å². The van der Waals surface area contributed by atoms with Crippen LogP contribution in [0.4, 0.5) is 0 Å². The summed E-state index contributed by atoms with van der Waals surface area (Å²) < 4.78 is 0. The van der Waals surface area contributed by atoms with Crippen LogP contribution in [-0.4, -0.2) is 0 Å². The first-order valence-corrected chi connectivity index (χ1v) is 3.69. The molecule has 0 heterocycles. The van der Waals surface area contributed by atoms with E-state index in [0.717, 1.165) is 12.8 Å². The number of hydrogen-bond acceptors (Lipinski definition) is 0. The second kappa shape index (κ2) is 6.34. The normalized spacial score (nSPS) is 12.4. The van der Waals surface area contributed by atoms with Gasteiger partial charge in [0, 0.05) is 0 Å². The van der Waals surface area contributed by atoms with E-state index in [4.69, 9.17) is 0 Å². The first kappa shape index (κ1) is 9.22. The average molecular weight is 136 g/mol. The molecule has 0 bridgehead atoms. The van der Waals surface area contributed by atoms with Gasteiger partial charge in [-0.15, -0.1) is 6.58 Å². The summed E-state index contributed by atoms with van der Waals surface area (Å²) in [5, 5.41) is 0. The van der Waals surface area contributed by atoms with Crippen LogP contribution in [0.15, 0.2) is 36.5 Å². The summed E-state index contributed by atoms with van der Waals surface area (Å²) in [6.45, 7) is 7.84. The molecule has 0 aliphatic heterocycles. The van der Waals surface area contributed by atoms with Crippen molar-refractivity contribution >= 4 is 0 Å². The van der Waals surface area contributed by atoms with E-state index >= 15 is 0 Å². The average Bonchev–Trinajstić information content (AvgIpc) is 1.89. The van der Waals surface area contributed by atoms with Gasteiger partial charge in [-0.1, -0.05) is 29.9 Å². The minimum Gasteiger partial charge on any atom is -0.103 e. The summed E-state index contributed by atoms with van der Waals surface area (Å²) in [6, 6.07) is 0. The van der Waals surface area contributed by atoms with Crippen LogP contribution in [0, 0.1) is 0 Å². The van der Waals surface area contributed by atoms with Crippen molar-refractivity contribution in [2.75, 3.05) is 0 Å². The Morgan fingerprint density at radius 1 is 1.50 bits per heavy atom. The summed E-state index contributed by atoms with van der Waals surface area (Å²) in [5.41, 5.74) is 1.40. The Morgan fingerprint density at radius 2 is 2.20 bits per heavy atom. The Balaban J connectivity index is 3.56. The fraction of sp³-hybridized carbons (Fsp3) is 0.400. The van der Waals surface area contributed by atoms with E-state index in [1.807, 2.05) is 13.0 Å². The van der Waals surface area contributed by atoms with Gasteiger partial charge in [0.05, 0.1) is 0 Å². The third-order valence-corrected chi connectivity index (χ3v) is 1.30. The maximum absolute atomic E-state index is 3.67. The molecule has 56 valence electrons. The molecule has 0 aliphatic rings. The number of rotatable bonds is 4. The van der Waals surface area contributed by atoms with E-state index in [1.54, 1.807) is 0 Å². The molecule has 0 aromatic carbocycles. The van der Waals surface area contributed by atoms with Gasteiger partial charge in [0.15, 0.2) is 0 Å². The molecular formula is C10H16. The SMILES string of the molecule is C=CCC(C)=CCC=CC. The van der Waals surface area contributed by atoms with Crippen molar-refractivity contribution in [1.29, 1.82) is 0 Å². The minimum absolute atomic E-state index is 1.01. The van der Waals surface area contributed by atoms with Gasteiger partial charge in [-0.25, -0.2) is 0 Å². The summed E-state index contributed by atoms with van der Waals surface area (Å²) in [4.78, 5) is 0. The van der Waals surface area contributed by atoms with Crippen LogP contribution < -0.4 is 0 Å². The molecule has 0 amide bonds. The highest BCUT2D eigenvalue weighted by Gasteiger charge is 1.80. The van der Waals surface area contributed by atoms with Gasteiger partial charge in [-0.05, 0) is 26.7 Å². The molecule has 10 heavy (non-hydrogen) atoms. The monoisotopic (exact) mass is 136 g/mol. The molecule has 0 saturated carbocycles. The first-order chi connectivity index (χ1) is 4.81. The van der Waals surface area contributed by atoms with Crippen molar-refractivity contribution in [1.82, 2.24) is 0 Å².